The van der Waals surface area contributed by atoms with Crippen molar-refractivity contribution >= 4 is 28.5 Å². The van der Waals surface area contributed by atoms with Crippen LogP contribution in [0.15, 0.2) is 18.2 Å². The van der Waals surface area contributed by atoms with E-state index in [4.69, 9.17) is 5.26 Å². The van der Waals surface area contributed by atoms with Crippen LogP contribution in [0.5, 0.6) is 5.75 Å². The molecule has 4 nitrogen and oxygen atoms in total. The number of carbonyl (C=O) groups is 1. The number of hydrogen-bond acceptors (Lipinski definition) is 3. The van der Waals surface area contributed by atoms with Crippen LogP contribution in [0.3, 0.4) is 0 Å². The van der Waals surface area contributed by atoms with Gasteiger partial charge in [0.15, 0.2) is 0 Å². The van der Waals surface area contributed by atoms with E-state index >= 15 is 0 Å². The minimum atomic E-state index is -0.232. The molecule has 5 heteroatoms. The zero-order chi connectivity index (χ0) is 12.0. The summed E-state index contributed by atoms with van der Waals surface area (Å²) in [6, 6.07) is 6.77. The molecule has 0 fully saturated rings. The van der Waals surface area contributed by atoms with E-state index in [2.05, 4.69) is 5.32 Å². The first kappa shape index (κ1) is 12.8. The molecule has 0 aliphatic heterocycles. The Morgan fingerprint density at radius 1 is 1.56 bits per heavy atom. The minimum absolute atomic E-state index is 0.102. The number of rotatable bonds is 4. The topological polar surface area (TPSA) is 73.1 Å². The highest BCUT2D eigenvalue weighted by Gasteiger charge is 2.07. The van der Waals surface area contributed by atoms with Gasteiger partial charge in [0.2, 0.25) is 0 Å². The van der Waals surface area contributed by atoms with Crippen LogP contribution in [0.4, 0.5) is 0 Å². The van der Waals surface area contributed by atoms with Crippen LogP contribution < -0.4 is 5.32 Å². The molecule has 2 N–H and O–H groups in total. The van der Waals surface area contributed by atoms with Gasteiger partial charge in [0, 0.05) is 18.5 Å². The average molecular weight is 330 g/mol. The van der Waals surface area contributed by atoms with Crippen molar-refractivity contribution < 1.29 is 9.90 Å². The number of hydrogen-bond donors (Lipinski definition) is 2. The molecule has 0 atom stereocenters. The molecule has 0 spiro atoms. The van der Waals surface area contributed by atoms with Crippen molar-refractivity contribution in [2.24, 2.45) is 0 Å². The lowest BCUT2D eigenvalue weighted by molar-refractivity contribution is 0.0953. The Morgan fingerprint density at radius 3 is 2.94 bits per heavy atom. The lowest BCUT2D eigenvalue weighted by atomic mass is 10.2. The van der Waals surface area contributed by atoms with E-state index in [0.29, 0.717) is 28.5 Å². The number of carbonyl (C=O) groups excluding carboxylic acids is 1. The first-order chi connectivity index (χ1) is 7.65. The number of nitrogens with zero attached hydrogens (tertiary/aromatic N) is 1. The molecule has 84 valence electrons. The minimum Gasteiger partial charge on any atom is -0.507 e. The quantitative estimate of drug-likeness (QED) is 0.655. The van der Waals surface area contributed by atoms with Crippen molar-refractivity contribution in [2.75, 3.05) is 6.54 Å². The molecule has 16 heavy (non-hydrogen) atoms. The van der Waals surface area contributed by atoms with Gasteiger partial charge in [-0.25, -0.2) is 0 Å². The Kier molecular flexibility index (Phi) is 5.05. The Bertz CT molecular complexity index is 426. The first-order valence-corrected chi connectivity index (χ1v) is 5.86. The molecule has 0 aromatic heterocycles. The number of phenolic OH excluding ortho intramolecular Hbond substituents is 1. The maximum absolute atomic E-state index is 11.6. The van der Waals surface area contributed by atoms with E-state index in [0.717, 1.165) is 0 Å². The van der Waals surface area contributed by atoms with Crippen molar-refractivity contribution in [3.8, 4) is 11.8 Å². The first-order valence-electron chi connectivity index (χ1n) is 4.79. The Labute approximate surface area is 107 Å². The van der Waals surface area contributed by atoms with Gasteiger partial charge in [-0.15, -0.1) is 0 Å². The van der Waals surface area contributed by atoms with Gasteiger partial charge < -0.3 is 10.4 Å². The summed E-state index contributed by atoms with van der Waals surface area (Å²) in [5, 5.41) is 20.4. The van der Waals surface area contributed by atoms with Gasteiger partial charge in [0.05, 0.1) is 9.64 Å². The summed E-state index contributed by atoms with van der Waals surface area (Å²) in [6.07, 6.45) is 1.07. The number of unbranched alkanes of at least 4 members (excludes halogenated alkanes) is 1. The number of phenols is 1. The largest absolute Gasteiger partial charge is 0.507 e. The van der Waals surface area contributed by atoms with E-state index in [9.17, 15) is 9.90 Å². The molecular formula is C11H11IN2O2. The SMILES string of the molecule is N#CCCCNC(=O)c1ccc(I)c(O)c1. The predicted molar refractivity (Wildman–Crippen MR) is 68.0 cm³/mol. The fourth-order valence-corrected chi connectivity index (χ4v) is 1.46. The average Bonchev–Trinajstić information content (AvgIpc) is 2.28. The van der Waals surface area contributed by atoms with Gasteiger partial charge in [-0.05, 0) is 47.2 Å². The van der Waals surface area contributed by atoms with E-state index in [-0.39, 0.29) is 11.7 Å². The molecular weight excluding hydrogens is 319 g/mol. The van der Waals surface area contributed by atoms with Gasteiger partial charge in [0.25, 0.3) is 5.91 Å². The zero-order valence-corrected chi connectivity index (χ0v) is 10.7. The summed E-state index contributed by atoms with van der Waals surface area (Å²) < 4.78 is 0.707. The van der Waals surface area contributed by atoms with Crippen molar-refractivity contribution in [2.45, 2.75) is 12.8 Å². The highest BCUT2D eigenvalue weighted by Crippen LogP contribution is 2.20. The Morgan fingerprint density at radius 2 is 2.31 bits per heavy atom. The maximum atomic E-state index is 11.6. The van der Waals surface area contributed by atoms with Crippen molar-refractivity contribution in [1.82, 2.24) is 5.32 Å². The molecule has 0 radical (unpaired) electrons. The summed E-state index contributed by atoms with van der Waals surface area (Å²) in [6.45, 7) is 0.471. The van der Waals surface area contributed by atoms with Crippen LogP contribution >= 0.6 is 22.6 Å². The van der Waals surface area contributed by atoms with Crippen molar-refractivity contribution in [1.29, 1.82) is 5.26 Å². The summed E-state index contributed by atoms with van der Waals surface area (Å²) >= 11 is 1.99. The number of halogens is 1. The summed E-state index contributed by atoms with van der Waals surface area (Å²) in [7, 11) is 0. The number of aromatic hydroxyl groups is 1. The second kappa shape index (κ2) is 6.33. The number of amides is 1. The van der Waals surface area contributed by atoms with Gasteiger partial charge in [-0.1, -0.05) is 0 Å². The van der Waals surface area contributed by atoms with Crippen LogP contribution in [0.2, 0.25) is 0 Å². The van der Waals surface area contributed by atoms with E-state index in [1.807, 2.05) is 28.7 Å². The van der Waals surface area contributed by atoms with E-state index in [1.54, 1.807) is 12.1 Å². The molecule has 0 unspecified atom stereocenters. The van der Waals surface area contributed by atoms with E-state index < -0.39 is 0 Å². The van der Waals surface area contributed by atoms with E-state index in [1.165, 1.54) is 6.07 Å². The van der Waals surface area contributed by atoms with Crippen LogP contribution in [-0.4, -0.2) is 17.6 Å². The second-order valence-electron chi connectivity index (χ2n) is 3.18. The van der Waals surface area contributed by atoms with Gasteiger partial charge in [-0.3, -0.25) is 4.79 Å². The van der Waals surface area contributed by atoms with Crippen LogP contribution in [0.25, 0.3) is 0 Å². The van der Waals surface area contributed by atoms with Crippen molar-refractivity contribution in [3.05, 3.63) is 27.3 Å². The lowest BCUT2D eigenvalue weighted by Gasteiger charge is -2.04. The smallest absolute Gasteiger partial charge is 0.251 e. The highest BCUT2D eigenvalue weighted by atomic mass is 127. The van der Waals surface area contributed by atoms with Crippen molar-refractivity contribution in [3.63, 3.8) is 0 Å². The normalized spacial score (nSPS) is 9.50. The molecule has 0 heterocycles. The zero-order valence-electron chi connectivity index (χ0n) is 8.53. The third-order valence-electron chi connectivity index (χ3n) is 1.96. The van der Waals surface area contributed by atoms with Gasteiger partial charge in [-0.2, -0.15) is 5.26 Å². The van der Waals surface area contributed by atoms with Crippen LogP contribution in [0.1, 0.15) is 23.2 Å². The Hall–Kier alpha value is -1.29. The molecule has 0 saturated heterocycles. The molecule has 1 aromatic carbocycles. The number of nitrogens with one attached hydrogen (secondary N) is 1. The summed E-state index contributed by atoms with van der Waals surface area (Å²) in [4.78, 5) is 11.6. The maximum Gasteiger partial charge on any atom is 0.251 e. The molecule has 1 rings (SSSR count). The summed E-state index contributed by atoms with van der Waals surface area (Å²) in [5.41, 5.74) is 0.426. The Balaban J connectivity index is 2.53. The molecule has 1 amide bonds. The molecule has 0 aliphatic carbocycles. The molecule has 0 saturated carbocycles. The number of benzene rings is 1. The van der Waals surface area contributed by atoms with Gasteiger partial charge in [0.1, 0.15) is 5.75 Å². The lowest BCUT2D eigenvalue weighted by Crippen LogP contribution is -2.24. The second-order valence-corrected chi connectivity index (χ2v) is 4.35. The van der Waals surface area contributed by atoms with Crippen LogP contribution in [0, 0.1) is 14.9 Å². The predicted octanol–water partition coefficient (Wildman–Crippen LogP) is 2.03. The number of nitriles is 1. The highest BCUT2D eigenvalue weighted by molar-refractivity contribution is 14.1. The standard InChI is InChI=1S/C11H11IN2O2/c12-9-4-3-8(7-10(9)15)11(16)14-6-2-1-5-13/h3-4,7,15H,1-2,6H2,(H,14,16). The van der Waals surface area contributed by atoms with Gasteiger partial charge >= 0.3 is 0 Å². The molecule has 1 aromatic rings. The third-order valence-corrected chi connectivity index (χ3v) is 2.87. The van der Waals surface area contributed by atoms with Crippen LogP contribution in [-0.2, 0) is 0 Å². The molecule has 0 bridgehead atoms. The third kappa shape index (κ3) is 3.70. The fraction of sp³-hybridized carbons (Fsp3) is 0.273. The fourth-order valence-electron chi connectivity index (χ4n) is 1.13. The summed E-state index contributed by atoms with van der Waals surface area (Å²) in [5.74, 6) is -0.130. The monoisotopic (exact) mass is 330 g/mol. The molecule has 0 aliphatic rings.